The molecular weight excluding hydrogens is 1180 g/mol. The van der Waals surface area contributed by atoms with Gasteiger partial charge in [0.05, 0.1) is 0 Å². The molecule has 0 fully saturated rings. The van der Waals surface area contributed by atoms with Gasteiger partial charge in [-0.2, -0.15) is 0 Å². The Morgan fingerprint density at radius 1 is 0.338 bits per heavy atom. The molecule has 0 unspecified atom stereocenters. The summed E-state index contributed by atoms with van der Waals surface area (Å²) in [5, 5.41) is 0. The van der Waals surface area contributed by atoms with E-state index in [1.165, 1.54) is 89.5 Å². The predicted octanol–water partition coefficient (Wildman–Crippen LogP) is 5.02. The standard InChI is InChI=1S/2C30H45GeN2.2HI/c2*1-18(2)32-26(11)27(12)33(19(3)4)30(32)31(13,28-22(7)14-20(5)15-23(28)8)29-24(9)16-21(6)17-25(29)10;;/h2*14-19H,1-13H3;2*1H/q2*+1;;/p-2. The molecule has 8 heteroatoms. The second-order valence-electron chi connectivity index (χ2n) is 22.2. The van der Waals surface area contributed by atoms with Crippen LogP contribution >= 0.6 is 0 Å². The molecule has 6 aromatic rings. The van der Waals surface area contributed by atoms with Crippen molar-refractivity contribution >= 4 is 53.4 Å². The molecular formula is C60H90Ge2I2N4. The van der Waals surface area contributed by atoms with Gasteiger partial charge < -0.3 is 48.0 Å². The fourth-order valence-corrected chi connectivity index (χ4v) is 38.6. The third-order valence-corrected chi connectivity index (χ3v) is 35.9. The van der Waals surface area contributed by atoms with E-state index in [1.54, 1.807) is 26.9 Å². The van der Waals surface area contributed by atoms with Crippen LogP contribution in [0.4, 0.5) is 0 Å². The van der Waals surface area contributed by atoms with Crippen molar-refractivity contribution < 1.29 is 57.1 Å². The molecule has 4 aromatic carbocycles. The zero-order valence-electron chi connectivity index (χ0n) is 47.5. The minimum absolute atomic E-state index is 0. The largest absolute Gasteiger partial charge is 1.00 e. The van der Waals surface area contributed by atoms with E-state index in [1.807, 2.05) is 0 Å². The van der Waals surface area contributed by atoms with Gasteiger partial charge in [0.15, 0.2) is 0 Å². The number of halogens is 2. The second kappa shape index (κ2) is 22.7. The van der Waals surface area contributed by atoms with Crippen molar-refractivity contribution in [3.05, 3.63) is 138 Å². The number of benzene rings is 4. The summed E-state index contributed by atoms with van der Waals surface area (Å²) in [7, 11) is 0. The molecule has 2 heterocycles. The van der Waals surface area contributed by atoms with E-state index in [2.05, 4.69) is 244 Å². The van der Waals surface area contributed by atoms with Gasteiger partial charge in [0.1, 0.15) is 0 Å². The number of hydrogen-bond donors (Lipinski definition) is 0. The Hall–Kier alpha value is -2.15. The van der Waals surface area contributed by atoms with Gasteiger partial charge in [-0.1, -0.05) is 0 Å². The zero-order chi connectivity index (χ0) is 50.0. The van der Waals surface area contributed by atoms with Crippen LogP contribution in [-0.2, 0) is 0 Å². The van der Waals surface area contributed by atoms with Crippen molar-refractivity contribution in [1.82, 2.24) is 9.13 Å². The molecule has 2 aromatic heterocycles. The van der Waals surface area contributed by atoms with Gasteiger partial charge in [0.2, 0.25) is 0 Å². The first kappa shape index (κ1) is 60.2. The summed E-state index contributed by atoms with van der Waals surface area (Å²) in [6.45, 7) is 55.8. The van der Waals surface area contributed by atoms with Gasteiger partial charge >= 0.3 is 412 Å². The van der Waals surface area contributed by atoms with Gasteiger partial charge in [0, 0.05) is 0 Å². The molecule has 0 aliphatic rings. The second-order valence-corrected chi connectivity index (χ2v) is 37.7. The molecule has 0 aliphatic carbocycles. The molecule has 0 bridgehead atoms. The number of imidazole rings is 2. The van der Waals surface area contributed by atoms with E-state index in [0.717, 1.165) is 0 Å². The van der Waals surface area contributed by atoms with Crippen molar-refractivity contribution in [3.63, 3.8) is 0 Å². The molecule has 0 amide bonds. The fourth-order valence-electron chi connectivity index (χ4n) is 13.6. The third kappa shape index (κ3) is 10.7. The van der Waals surface area contributed by atoms with Gasteiger partial charge in [-0.05, 0) is 0 Å². The van der Waals surface area contributed by atoms with Gasteiger partial charge in [-0.25, -0.2) is 0 Å². The smallest absolute Gasteiger partial charge is 1.00 e. The first-order valence-corrected chi connectivity index (χ1v) is 35.5. The number of rotatable bonds is 10. The van der Waals surface area contributed by atoms with E-state index >= 15 is 0 Å². The summed E-state index contributed by atoms with van der Waals surface area (Å²) in [5.74, 6) is 5.34. The maximum Gasteiger partial charge on any atom is -1.00 e. The van der Waals surface area contributed by atoms with E-state index in [9.17, 15) is 0 Å². The third-order valence-electron chi connectivity index (χ3n) is 15.1. The van der Waals surface area contributed by atoms with Crippen molar-refractivity contribution in [3.8, 4) is 0 Å². The quantitative estimate of drug-likeness (QED) is 0.104. The van der Waals surface area contributed by atoms with Crippen LogP contribution in [0.15, 0.2) is 48.5 Å². The SMILES string of the molecule is Cc1cc(C)[c]([Ge]([CH3])([c]2c(C)cc(C)cc2C)[c]2n(C(C)C)c(C)c(C)[n+]2C(C)C)c(C)c1.Cc1cc(C)[c]([Ge]([CH3])([c]2c(C)cc(C)cc2C)[c]2n(C(C)C)c(C)c(C)[n+]2C(C)C)c(C)c1.[I-].[I-]. The van der Waals surface area contributed by atoms with E-state index < -0.39 is 26.5 Å². The summed E-state index contributed by atoms with van der Waals surface area (Å²) < 4.78 is 20.4. The Morgan fingerprint density at radius 2 is 0.515 bits per heavy atom. The topological polar surface area (TPSA) is 17.6 Å². The molecule has 0 atom stereocenters. The molecule has 0 saturated heterocycles. The van der Waals surface area contributed by atoms with Crippen LogP contribution in [0.3, 0.4) is 0 Å². The molecule has 0 N–H and O–H groups in total. The van der Waals surface area contributed by atoms with E-state index in [-0.39, 0.29) is 48.0 Å². The van der Waals surface area contributed by atoms with Crippen molar-refractivity contribution in [2.24, 2.45) is 0 Å². The van der Waals surface area contributed by atoms with Crippen LogP contribution in [0, 0.1) is 111 Å². The molecule has 0 radical (unpaired) electrons. The minimum Gasteiger partial charge on any atom is -1.00 e. The number of aryl methyl sites for hydroxylation is 12. The molecule has 372 valence electrons. The number of aromatic nitrogens is 4. The van der Waals surface area contributed by atoms with Gasteiger partial charge in [-0.3, -0.25) is 0 Å². The Balaban J connectivity index is 0.000000350. The molecule has 4 nitrogen and oxygen atoms in total. The Morgan fingerprint density at radius 3 is 0.662 bits per heavy atom. The summed E-state index contributed by atoms with van der Waals surface area (Å²) >= 11 is -6.28. The van der Waals surface area contributed by atoms with Crippen molar-refractivity contribution in [1.29, 1.82) is 0 Å². The number of nitrogens with zero attached hydrogens (tertiary/aromatic N) is 4. The maximum absolute atomic E-state index is 3.14. The van der Waals surface area contributed by atoms with Crippen LogP contribution in [-0.4, -0.2) is 35.7 Å². The molecule has 68 heavy (non-hydrogen) atoms. The first-order valence-electron chi connectivity index (χ1n) is 25.1. The summed E-state index contributed by atoms with van der Waals surface area (Å²) in [5.41, 5.74) is 22.7. The molecule has 0 aliphatic heterocycles. The first-order chi connectivity index (χ1) is 30.5. The Bertz CT molecular complexity index is 2360. The monoisotopic (exact) mass is 1270 g/mol. The minimum atomic E-state index is -3.14. The van der Waals surface area contributed by atoms with Crippen molar-refractivity contribution in [2.75, 3.05) is 0 Å². The molecule has 0 spiro atoms. The van der Waals surface area contributed by atoms with E-state index in [0.29, 0.717) is 24.2 Å². The Labute approximate surface area is 455 Å². The van der Waals surface area contributed by atoms with E-state index in [4.69, 9.17) is 0 Å². The van der Waals surface area contributed by atoms with Crippen molar-refractivity contribution in [2.45, 2.75) is 202 Å². The fraction of sp³-hybridized carbons (Fsp3) is 0.500. The van der Waals surface area contributed by atoms with Crippen LogP contribution < -0.4 is 84.0 Å². The normalized spacial score (nSPS) is 12.0. The average molecular weight is 1270 g/mol. The van der Waals surface area contributed by atoms with Crippen LogP contribution in [0.1, 0.15) is 169 Å². The average Bonchev–Trinajstić information content (AvgIpc) is 3.59. The maximum atomic E-state index is 2.69. The predicted molar refractivity (Wildman–Crippen MR) is 293 cm³/mol. The van der Waals surface area contributed by atoms with Gasteiger partial charge in [-0.15, -0.1) is 0 Å². The molecule has 0 saturated carbocycles. The summed E-state index contributed by atoms with van der Waals surface area (Å²) in [4.78, 5) is 0. The van der Waals surface area contributed by atoms with Crippen LogP contribution in [0.2, 0.25) is 11.5 Å². The van der Waals surface area contributed by atoms with Crippen LogP contribution in [0.5, 0.6) is 0 Å². The van der Waals surface area contributed by atoms with Crippen LogP contribution in [0.25, 0.3) is 0 Å². The molecule has 6 rings (SSSR count). The summed E-state index contributed by atoms with van der Waals surface area (Å²) in [6, 6.07) is 20.9. The number of hydrogen-bond acceptors (Lipinski definition) is 0. The zero-order valence-corrected chi connectivity index (χ0v) is 56.0. The Kier molecular flexibility index (Phi) is 20.1. The van der Waals surface area contributed by atoms with Gasteiger partial charge in [0.25, 0.3) is 0 Å². The summed E-state index contributed by atoms with van der Waals surface area (Å²) in [6.07, 6.45) is 0.